The zero-order valence-corrected chi connectivity index (χ0v) is 10.5. The fourth-order valence-electron chi connectivity index (χ4n) is 1.47. The van der Waals surface area contributed by atoms with E-state index in [0.717, 1.165) is 22.9 Å². The lowest BCUT2D eigenvalue weighted by Crippen LogP contribution is -2.01. The number of alkyl halides is 2. The quantitative estimate of drug-likeness (QED) is 0.896. The van der Waals surface area contributed by atoms with Crippen molar-refractivity contribution in [3.05, 3.63) is 29.6 Å². The van der Waals surface area contributed by atoms with Gasteiger partial charge in [0.15, 0.2) is 5.13 Å². The molecule has 0 bridgehead atoms. The van der Waals surface area contributed by atoms with Gasteiger partial charge in [0.1, 0.15) is 5.75 Å². The van der Waals surface area contributed by atoms with Crippen LogP contribution in [0, 0.1) is 0 Å². The van der Waals surface area contributed by atoms with Crippen LogP contribution in [-0.4, -0.2) is 18.1 Å². The number of nitrogens with one attached hydrogen (secondary N) is 1. The van der Waals surface area contributed by atoms with Crippen molar-refractivity contribution in [2.75, 3.05) is 11.9 Å². The van der Waals surface area contributed by atoms with Crippen LogP contribution in [0.3, 0.4) is 0 Å². The van der Waals surface area contributed by atoms with E-state index in [-0.39, 0.29) is 5.75 Å². The van der Waals surface area contributed by atoms with E-state index < -0.39 is 6.61 Å². The van der Waals surface area contributed by atoms with Crippen LogP contribution in [0.1, 0.15) is 6.92 Å². The molecule has 6 heteroatoms. The maximum Gasteiger partial charge on any atom is 0.387 e. The first kappa shape index (κ1) is 12.8. The Morgan fingerprint density at radius 3 is 3.00 bits per heavy atom. The number of benzene rings is 1. The molecule has 18 heavy (non-hydrogen) atoms. The van der Waals surface area contributed by atoms with E-state index in [1.54, 1.807) is 12.1 Å². The molecule has 2 aromatic rings. The van der Waals surface area contributed by atoms with Gasteiger partial charge in [-0.3, -0.25) is 0 Å². The summed E-state index contributed by atoms with van der Waals surface area (Å²) in [5.74, 6) is 0.139. The van der Waals surface area contributed by atoms with Gasteiger partial charge in [-0.05, 0) is 19.1 Å². The number of halogens is 2. The first-order chi connectivity index (χ1) is 8.69. The average molecular weight is 270 g/mol. The topological polar surface area (TPSA) is 34.2 Å². The molecular formula is C12H12F2N2OS. The Morgan fingerprint density at radius 1 is 1.44 bits per heavy atom. The van der Waals surface area contributed by atoms with Gasteiger partial charge in [-0.1, -0.05) is 12.1 Å². The molecule has 2 rings (SSSR count). The van der Waals surface area contributed by atoms with Gasteiger partial charge in [0, 0.05) is 17.5 Å². The maximum atomic E-state index is 12.1. The zero-order valence-electron chi connectivity index (χ0n) is 9.69. The number of nitrogens with zero attached hydrogens (tertiary/aromatic N) is 1. The summed E-state index contributed by atoms with van der Waals surface area (Å²) in [4.78, 5) is 4.35. The molecular weight excluding hydrogens is 258 g/mol. The molecule has 0 aliphatic heterocycles. The lowest BCUT2D eigenvalue weighted by atomic mass is 10.2. The first-order valence-electron chi connectivity index (χ1n) is 5.43. The predicted molar refractivity (Wildman–Crippen MR) is 68.3 cm³/mol. The van der Waals surface area contributed by atoms with Crippen molar-refractivity contribution in [3.63, 3.8) is 0 Å². The molecule has 0 aliphatic carbocycles. The van der Waals surface area contributed by atoms with Gasteiger partial charge >= 0.3 is 6.61 Å². The van der Waals surface area contributed by atoms with Crippen molar-refractivity contribution >= 4 is 16.5 Å². The fourth-order valence-corrected chi connectivity index (χ4v) is 2.26. The monoisotopic (exact) mass is 270 g/mol. The Balaban J connectivity index is 2.21. The summed E-state index contributed by atoms with van der Waals surface area (Å²) >= 11 is 1.48. The summed E-state index contributed by atoms with van der Waals surface area (Å²) in [6.07, 6.45) is 0. The lowest BCUT2D eigenvalue weighted by Gasteiger charge is -2.05. The van der Waals surface area contributed by atoms with Crippen LogP contribution in [0.15, 0.2) is 29.6 Å². The number of thiazole rings is 1. The second-order valence-corrected chi connectivity index (χ2v) is 4.33. The molecule has 0 saturated heterocycles. The van der Waals surface area contributed by atoms with Crippen LogP contribution >= 0.6 is 11.3 Å². The van der Waals surface area contributed by atoms with Gasteiger partial charge in [-0.15, -0.1) is 11.3 Å². The van der Waals surface area contributed by atoms with E-state index in [0.29, 0.717) is 0 Å². The Bertz CT molecular complexity index is 516. The molecule has 0 radical (unpaired) electrons. The Kier molecular flexibility index (Phi) is 4.09. The maximum absolute atomic E-state index is 12.1. The third-order valence-corrected chi connectivity index (χ3v) is 2.99. The summed E-state index contributed by atoms with van der Waals surface area (Å²) in [5, 5.41) is 5.79. The van der Waals surface area contributed by atoms with E-state index in [9.17, 15) is 8.78 Å². The van der Waals surface area contributed by atoms with E-state index >= 15 is 0 Å². The smallest absolute Gasteiger partial charge is 0.387 e. The third kappa shape index (κ3) is 3.16. The van der Waals surface area contributed by atoms with E-state index in [1.807, 2.05) is 18.4 Å². The molecule has 0 fully saturated rings. The minimum atomic E-state index is -2.81. The van der Waals surface area contributed by atoms with Crippen molar-refractivity contribution < 1.29 is 13.5 Å². The van der Waals surface area contributed by atoms with Crippen molar-refractivity contribution in [1.82, 2.24) is 4.98 Å². The highest BCUT2D eigenvalue weighted by Crippen LogP contribution is 2.27. The van der Waals surface area contributed by atoms with Crippen LogP contribution in [0.25, 0.3) is 11.3 Å². The van der Waals surface area contributed by atoms with Gasteiger partial charge in [-0.25, -0.2) is 4.98 Å². The summed E-state index contributed by atoms with van der Waals surface area (Å²) in [7, 11) is 0. The van der Waals surface area contributed by atoms with Crippen LogP contribution in [0.4, 0.5) is 13.9 Å². The SMILES string of the molecule is CCNc1nc(-c2cccc(OC(F)F)c2)cs1. The lowest BCUT2D eigenvalue weighted by molar-refractivity contribution is -0.0498. The van der Waals surface area contributed by atoms with Crippen LogP contribution in [-0.2, 0) is 0 Å². The number of ether oxygens (including phenoxy) is 1. The van der Waals surface area contributed by atoms with Gasteiger partial charge in [-0.2, -0.15) is 8.78 Å². The molecule has 0 unspecified atom stereocenters. The molecule has 0 spiro atoms. The van der Waals surface area contributed by atoms with Crippen LogP contribution in [0.2, 0.25) is 0 Å². The highest BCUT2D eigenvalue weighted by atomic mass is 32.1. The molecule has 0 saturated carbocycles. The molecule has 0 aliphatic rings. The van der Waals surface area contributed by atoms with Crippen molar-refractivity contribution in [1.29, 1.82) is 0 Å². The van der Waals surface area contributed by atoms with E-state index in [2.05, 4.69) is 15.0 Å². The largest absolute Gasteiger partial charge is 0.435 e. The number of aromatic nitrogens is 1. The molecule has 1 N–H and O–H groups in total. The number of hydrogen-bond acceptors (Lipinski definition) is 4. The highest BCUT2D eigenvalue weighted by molar-refractivity contribution is 7.14. The van der Waals surface area contributed by atoms with Crippen LogP contribution in [0.5, 0.6) is 5.75 Å². The number of anilines is 1. The third-order valence-electron chi connectivity index (χ3n) is 2.19. The fraction of sp³-hybridized carbons (Fsp3) is 0.250. The summed E-state index contributed by atoms with van der Waals surface area (Å²) in [5.41, 5.74) is 1.50. The van der Waals surface area contributed by atoms with Crippen molar-refractivity contribution in [2.45, 2.75) is 13.5 Å². The molecule has 1 aromatic carbocycles. The highest BCUT2D eigenvalue weighted by Gasteiger charge is 2.08. The molecule has 0 atom stereocenters. The predicted octanol–water partition coefficient (Wildman–Crippen LogP) is 3.84. The molecule has 1 heterocycles. The Morgan fingerprint density at radius 2 is 2.28 bits per heavy atom. The molecule has 3 nitrogen and oxygen atoms in total. The normalized spacial score (nSPS) is 10.7. The zero-order chi connectivity index (χ0) is 13.0. The molecule has 96 valence electrons. The van der Waals surface area contributed by atoms with Crippen molar-refractivity contribution in [3.8, 4) is 17.0 Å². The van der Waals surface area contributed by atoms with Gasteiger partial charge in [0.25, 0.3) is 0 Å². The van der Waals surface area contributed by atoms with E-state index in [4.69, 9.17) is 0 Å². The Labute approximate surface area is 107 Å². The second kappa shape index (κ2) is 5.77. The first-order valence-corrected chi connectivity index (χ1v) is 6.31. The Hall–Kier alpha value is -1.69. The minimum Gasteiger partial charge on any atom is -0.435 e. The van der Waals surface area contributed by atoms with Gasteiger partial charge in [0.05, 0.1) is 5.69 Å². The molecule has 1 aromatic heterocycles. The van der Waals surface area contributed by atoms with Gasteiger partial charge in [0.2, 0.25) is 0 Å². The number of hydrogen-bond donors (Lipinski definition) is 1. The van der Waals surface area contributed by atoms with Gasteiger partial charge < -0.3 is 10.1 Å². The summed E-state index contributed by atoms with van der Waals surface area (Å²) in [6.45, 7) is -0.0346. The minimum absolute atomic E-state index is 0.139. The number of rotatable bonds is 5. The second-order valence-electron chi connectivity index (χ2n) is 3.47. The standard InChI is InChI=1S/C12H12F2N2OS/c1-2-15-12-16-10(7-18-12)8-4-3-5-9(6-8)17-11(13)14/h3-7,11H,2H2,1H3,(H,15,16). The summed E-state index contributed by atoms with van der Waals surface area (Å²) in [6, 6.07) is 6.52. The average Bonchev–Trinajstić information content (AvgIpc) is 2.78. The van der Waals surface area contributed by atoms with E-state index in [1.165, 1.54) is 17.4 Å². The molecule has 0 amide bonds. The van der Waals surface area contributed by atoms with Crippen molar-refractivity contribution in [2.24, 2.45) is 0 Å². The van der Waals surface area contributed by atoms with Crippen LogP contribution < -0.4 is 10.1 Å². The summed E-state index contributed by atoms with van der Waals surface area (Å²) < 4.78 is 28.6.